The van der Waals surface area contributed by atoms with Crippen molar-refractivity contribution in [3.05, 3.63) is 180 Å². The van der Waals surface area contributed by atoms with Crippen molar-refractivity contribution in [3.8, 4) is 22.5 Å². The molecule has 0 amide bonds. The van der Waals surface area contributed by atoms with Crippen LogP contribution in [0.2, 0.25) is 0 Å². The van der Waals surface area contributed by atoms with Crippen LogP contribution in [0.25, 0.3) is 33.7 Å². The molecule has 3 aromatic heterocycles. The molecule has 4 heterocycles. The topological polar surface area (TPSA) is 77.6 Å². The number of tetrazole rings is 1. The van der Waals surface area contributed by atoms with Crippen LogP contribution in [0.4, 0.5) is 5.82 Å². The van der Waals surface area contributed by atoms with E-state index in [1.807, 2.05) is 4.68 Å². The molecule has 0 bridgehead atoms. The van der Waals surface area contributed by atoms with Gasteiger partial charge in [-0.2, -0.15) is 0 Å². The van der Waals surface area contributed by atoms with Crippen LogP contribution in [0.3, 0.4) is 0 Å². The van der Waals surface area contributed by atoms with E-state index in [4.69, 9.17) is 20.3 Å². The minimum atomic E-state index is -0.844. The maximum atomic E-state index is 5.25. The maximum Gasteiger partial charge on any atom is 0.184 e. The summed E-state index contributed by atoms with van der Waals surface area (Å²) in [5.41, 5.74) is 8.59. The molecule has 1 aliphatic heterocycles. The van der Waals surface area contributed by atoms with Crippen molar-refractivity contribution in [2.24, 2.45) is 5.92 Å². The van der Waals surface area contributed by atoms with Crippen LogP contribution in [-0.4, -0.2) is 47.8 Å². The summed E-state index contributed by atoms with van der Waals surface area (Å²) in [6, 6.07) is 53.3. The molecule has 0 N–H and O–H groups in total. The van der Waals surface area contributed by atoms with E-state index in [2.05, 4.69) is 180 Å². The molecule has 8 nitrogen and oxygen atoms in total. The number of benzene rings is 5. The molecule has 57 heavy (non-hydrogen) atoms. The highest BCUT2D eigenvalue weighted by molar-refractivity contribution is 5.81. The minimum Gasteiger partial charge on any atom is -0.357 e. The van der Waals surface area contributed by atoms with Crippen molar-refractivity contribution in [2.75, 3.05) is 18.0 Å². The Hall–Kier alpha value is -6.41. The maximum absolute atomic E-state index is 5.25. The van der Waals surface area contributed by atoms with Gasteiger partial charge in [0.15, 0.2) is 11.5 Å². The number of rotatable bonds is 12. The number of unbranched alkanes of at least 4 members (excludes halogenated alkanes) is 1. The summed E-state index contributed by atoms with van der Waals surface area (Å²) < 4.78 is 4.35. The third kappa shape index (κ3) is 6.90. The van der Waals surface area contributed by atoms with E-state index < -0.39 is 5.54 Å². The van der Waals surface area contributed by atoms with E-state index in [-0.39, 0.29) is 0 Å². The average molecular weight is 749 g/mol. The van der Waals surface area contributed by atoms with Crippen molar-refractivity contribution >= 4 is 17.0 Å². The molecule has 8 heteroatoms. The van der Waals surface area contributed by atoms with Crippen molar-refractivity contribution < 1.29 is 0 Å². The standard InChI is InChI=1S/C49H48N8/c1-3-4-24-46-50-44-29-30-45(55-33-31-36(2)32-34-55)51-48(44)56(46)35-37-25-27-38(28-26-37)42-22-14-15-23-43(42)47-52-53-54-57(47)49(39-16-8-5-9-17-39,40-18-10-6-11-19-40)41-20-12-7-13-21-41/h5-23,25-30,36H,3-4,24,31-35H2,1-2H3. The summed E-state index contributed by atoms with van der Waals surface area (Å²) >= 11 is 0. The molecule has 9 rings (SSSR count). The van der Waals surface area contributed by atoms with Crippen LogP contribution in [0.1, 0.15) is 67.6 Å². The lowest BCUT2D eigenvalue weighted by Gasteiger charge is -2.36. The molecule has 0 radical (unpaired) electrons. The number of fused-ring (bicyclic) bond motifs is 1. The van der Waals surface area contributed by atoms with Gasteiger partial charge in [0.25, 0.3) is 0 Å². The number of nitrogens with zero attached hydrogens (tertiary/aromatic N) is 8. The number of imidazole rings is 1. The highest BCUT2D eigenvalue weighted by Crippen LogP contribution is 2.43. The van der Waals surface area contributed by atoms with E-state index in [0.29, 0.717) is 12.4 Å². The molecule has 0 saturated carbocycles. The van der Waals surface area contributed by atoms with Gasteiger partial charge in [-0.3, -0.25) is 0 Å². The first-order chi connectivity index (χ1) is 28.1. The first kappa shape index (κ1) is 36.2. The van der Waals surface area contributed by atoms with Crippen molar-refractivity contribution in [1.29, 1.82) is 0 Å². The molecule has 1 aliphatic rings. The number of hydrogen-bond donors (Lipinski definition) is 0. The zero-order valence-corrected chi connectivity index (χ0v) is 32.7. The highest BCUT2D eigenvalue weighted by Gasteiger charge is 2.42. The molecule has 5 aromatic carbocycles. The van der Waals surface area contributed by atoms with Gasteiger partial charge in [0.2, 0.25) is 0 Å². The first-order valence-corrected chi connectivity index (χ1v) is 20.4. The summed E-state index contributed by atoms with van der Waals surface area (Å²) in [5.74, 6) is 3.61. The van der Waals surface area contributed by atoms with Crippen LogP contribution >= 0.6 is 0 Å². The Labute approximate surface area is 334 Å². The van der Waals surface area contributed by atoms with Gasteiger partial charge in [-0.15, -0.1) is 5.10 Å². The van der Waals surface area contributed by atoms with Crippen molar-refractivity contribution in [2.45, 2.75) is 58.0 Å². The van der Waals surface area contributed by atoms with Crippen LogP contribution in [0.5, 0.6) is 0 Å². The monoisotopic (exact) mass is 748 g/mol. The second-order valence-electron chi connectivity index (χ2n) is 15.4. The Bertz CT molecular complexity index is 2460. The predicted octanol–water partition coefficient (Wildman–Crippen LogP) is 10.2. The summed E-state index contributed by atoms with van der Waals surface area (Å²) in [5, 5.41) is 14.0. The zero-order valence-electron chi connectivity index (χ0n) is 32.7. The molecular formula is C49H48N8. The van der Waals surface area contributed by atoms with Crippen LogP contribution in [-0.2, 0) is 18.5 Å². The molecule has 0 spiro atoms. The van der Waals surface area contributed by atoms with Gasteiger partial charge in [0.05, 0.1) is 6.54 Å². The van der Waals surface area contributed by atoms with Gasteiger partial charge in [-0.1, -0.05) is 160 Å². The van der Waals surface area contributed by atoms with Crippen LogP contribution < -0.4 is 4.90 Å². The lowest BCUT2D eigenvalue weighted by atomic mass is 9.77. The third-order valence-corrected chi connectivity index (χ3v) is 11.7. The fourth-order valence-electron chi connectivity index (χ4n) is 8.53. The first-order valence-electron chi connectivity index (χ1n) is 20.4. The van der Waals surface area contributed by atoms with Crippen molar-refractivity contribution in [1.82, 2.24) is 34.7 Å². The zero-order chi connectivity index (χ0) is 38.6. The second kappa shape index (κ2) is 16.0. The van der Waals surface area contributed by atoms with Crippen molar-refractivity contribution in [3.63, 3.8) is 0 Å². The van der Waals surface area contributed by atoms with Gasteiger partial charge in [0.1, 0.15) is 22.7 Å². The Balaban J connectivity index is 1.10. The van der Waals surface area contributed by atoms with Gasteiger partial charge < -0.3 is 9.47 Å². The Kier molecular flexibility index (Phi) is 10.2. The normalized spacial score (nSPS) is 13.7. The minimum absolute atomic E-state index is 0.682. The fourth-order valence-corrected chi connectivity index (χ4v) is 8.53. The molecule has 0 aliphatic carbocycles. The van der Waals surface area contributed by atoms with Gasteiger partial charge in [-0.05, 0) is 81.1 Å². The summed E-state index contributed by atoms with van der Waals surface area (Å²) in [6.45, 7) is 7.40. The third-order valence-electron chi connectivity index (χ3n) is 11.7. The number of hydrogen-bond acceptors (Lipinski definition) is 6. The molecule has 0 atom stereocenters. The van der Waals surface area contributed by atoms with Crippen LogP contribution in [0, 0.1) is 5.92 Å². The molecule has 284 valence electrons. The molecule has 8 aromatic rings. The SMILES string of the molecule is CCCCc1nc2ccc(N3CCC(C)CC3)nc2n1Cc1ccc(-c2ccccc2-c2nnnn2C(c2ccccc2)(c2ccccc2)c2ccccc2)cc1. The Morgan fingerprint density at radius 2 is 1.25 bits per heavy atom. The largest absolute Gasteiger partial charge is 0.357 e. The highest BCUT2D eigenvalue weighted by atomic mass is 15.6. The quantitative estimate of drug-likeness (QED) is 0.116. The van der Waals surface area contributed by atoms with Gasteiger partial charge >= 0.3 is 0 Å². The molecule has 0 unspecified atom stereocenters. The number of anilines is 1. The fraction of sp³-hybridized carbons (Fsp3) is 0.245. The Morgan fingerprint density at radius 1 is 0.649 bits per heavy atom. The lowest BCUT2D eigenvalue weighted by molar-refractivity contribution is 0.437. The van der Waals surface area contributed by atoms with Gasteiger partial charge in [0, 0.05) is 25.1 Å². The van der Waals surface area contributed by atoms with E-state index in [1.54, 1.807) is 0 Å². The number of aryl methyl sites for hydroxylation is 1. The van der Waals surface area contributed by atoms with E-state index in [1.165, 1.54) is 18.4 Å². The smallest absolute Gasteiger partial charge is 0.184 e. The molecular weight excluding hydrogens is 701 g/mol. The average Bonchev–Trinajstić information content (AvgIpc) is 3.90. The number of aromatic nitrogens is 7. The van der Waals surface area contributed by atoms with E-state index >= 15 is 0 Å². The molecule has 1 saturated heterocycles. The summed E-state index contributed by atoms with van der Waals surface area (Å²) in [7, 11) is 0. The predicted molar refractivity (Wildman–Crippen MR) is 229 cm³/mol. The van der Waals surface area contributed by atoms with E-state index in [9.17, 15) is 0 Å². The second-order valence-corrected chi connectivity index (χ2v) is 15.4. The van der Waals surface area contributed by atoms with Gasteiger partial charge in [-0.25, -0.2) is 14.6 Å². The number of pyridine rings is 1. The van der Waals surface area contributed by atoms with E-state index in [0.717, 1.165) is 94.5 Å². The molecule has 1 fully saturated rings. The summed E-state index contributed by atoms with van der Waals surface area (Å²) in [4.78, 5) is 12.8. The summed E-state index contributed by atoms with van der Waals surface area (Å²) in [6.07, 6.45) is 5.56. The Morgan fingerprint density at radius 3 is 1.86 bits per heavy atom. The lowest BCUT2D eigenvalue weighted by Crippen LogP contribution is -2.39. The van der Waals surface area contributed by atoms with Crippen LogP contribution in [0.15, 0.2) is 152 Å². The number of piperidine rings is 1.